The maximum Gasteiger partial charge on any atom is 0.162 e. The van der Waals surface area contributed by atoms with E-state index in [2.05, 4.69) is 0 Å². The molecule has 1 aromatic carbocycles. The van der Waals surface area contributed by atoms with E-state index in [1.54, 1.807) is 6.07 Å². The van der Waals surface area contributed by atoms with Crippen molar-refractivity contribution in [3.05, 3.63) is 22.2 Å². The van der Waals surface area contributed by atoms with Crippen molar-refractivity contribution in [1.82, 2.24) is 0 Å². The number of methoxy groups -OCH3 is 1. The summed E-state index contributed by atoms with van der Waals surface area (Å²) in [4.78, 5) is 0. The lowest BCUT2D eigenvalue weighted by molar-refractivity contribution is 0.213. The topological polar surface area (TPSA) is 49.7 Å². The molecule has 0 heterocycles. The lowest BCUT2D eigenvalue weighted by atomic mass is 9.82. The highest BCUT2D eigenvalue weighted by molar-refractivity contribution is 6.31. The highest BCUT2D eigenvalue weighted by atomic mass is 35.5. The zero-order valence-corrected chi connectivity index (χ0v) is 10.7. The number of aliphatic hydroxyl groups is 1. The molecule has 0 aliphatic carbocycles. The molecule has 0 aliphatic rings. The first kappa shape index (κ1) is 13.1. The molecule has 0 aromatic heterocycles. The van der Waals surface area contributed by atoms with Crippen molar-refractivity contribution < 1.29 is 14.9 Å². The van der Waals surface area contributed by atoms with Crippen molar-refractivity contribution in [1.29, 1.82) is 0 Å². The molecule has 0 saturated heterocycles. The van der Waals surface area contributed by atoms with E-state index in [1.807, 2.05) is 20.8 Å². The smallest absolute Gasteiger partial charge is 0.162 e. The molecule has 0 saturated carbocycles. The van der Waals surface area contributed by atoms with Crippen LogP contribution in [0.5, 0.6) is 11.5 Å². The number of aromatic hydroxyl groups is 1. The largest absolute Gasteiger partial charge is 0.504 e. The van der Waals surface area contributed by atoms with Crippen molar-refractivity contribution in [2.24, 2.45) is 0 Å². The molecule has 0 radical (unpaired) electrons. The fraction of sp³-hybridized carbons (Fsp3) is 0.500. The van der Waals surface area contributed by atoms with E-state index >= 15 is 0 Å². The molecule has 0 unspecified atom stereocenters. The summed E-state index contributed by atoms with van der Waals surface area (Å²) in [5.41, 5.74) is 0.824. The summed E-state index contributed by atoms with van der Waals surface area (Å²) in [6.07, 6.45) is 0. The standard InChI is InChI=1S/C12H17ClO3/c1-7-8(13)5-9(16-4)11(15)10(7)12(2,3)6-14/h5,14-15H,6H2,1-4H3. The van der Waals surface area contributed by atoms with E-state index in [0.717, 1.165) is 5.56 Å². The number of phenols is 1. The zero-order chi connectivity index (χ0) is 12.5. The Hall–Kier alpha value is -0.930. The van der Waals surface area contributed by atoms with Crippen LogP contribution in [-0.4, -0.2) is 23.9 Å². The minimum Gasteiger partial charge on any atom is -0.504 e. The molecule has 90 valence electrons. The highest BCUT2D eigenvalue weighted by Gasteiger charge is 2.28. The summed E-state index contributed by atoms with van der Waals surface area (Å²) in [5.74, 6) is 0.371. The molecule has 0 bridgehead atoms. The summed E-state index contributed by atoms with van der Waals surface area (Å²) in [6.45, 7) is 5.41. The zero-order valence-electron chi connectivity index (χ0n) is 9.97. The lowest BCUT2D eigenvalue weighted by Crippen LogP contribution is -2.23. The molecule has 2 N–H and O–H groups in total. The second kappa shape index (κ2) is 4.52. The normalized spacial score (nSPS) is 11.6. The van der Waals surface area contributed by atoms with E-state index in [1.165, 1.54) is 7.11 Å². The maximum atomic E-state index is 10.1. The van der Waals surface area contributed by atoms with Crippen molar-refractivity contribution >= 4 is 11.6 Å². The Bertz CT molecular complexity index is 400. The SMILES string of the molecule is COc1cc(Cl)c(C)c(C(C)(C)CO)c1O. The van der Waals surface area contributed by atoms with E-state index < -0.39 is 5.41 Å². The van der Waals surface area contributed by atoms with Crippen LogP contribution in [0.1, 0.15) is 25.0 Å². The Morgan fingerprint density at radius 2 is 2.00 bits per heavy atom. The van der Waals surface area contributed by atoms with Gasteiger partial charge in [-0.15, -0.1) is 0 Å². The van der Waals surface area contributed by atoms with Gasteiger partial charge in [-0.05, 0) is 12.5 Å². The van der Waals surface area contributed by atoms with Gasteiger partial charge < -0.3 is 14.9 Å². The van der Waals surface area contributed by atoms with Gasteiger partial charge in [0, 0.05) is 22.1 Å². The number of benzene rings is 1. The van der Waals surface area contributed by atoms with Crippen molar-refractivity contribution in [2.75, 3.05) is 13.7 Å². The third kappa shape index (κ3) is 2.11. The number of phenolic OH excluding ortho intramolecular Hbond substituents is 1. The molecule has 16 heavy (non-hydrogen) atoms. The van der Waals surface area contributed by atoms with E-state index in [0.29, 0.717) is 16.3 Å². The maximum absolute atomic E-state index is 10.1. The molecule has 4 heteroatoms. The van der Waals surface area contributed by atoms with Gasteiger partial charge in [0.25, 0.3) is 0 Å². The first-order valence-corrected chi connectivity index (χ1v) is 5.40. The van der Waals surface area contributed by atoms with Crippen LogP contribution in [0, 0.1) is 6.92 Å². The molecule has 0 spiro atoms. The summed E-state index contributed by atoms with van der Waals surface area (Å²) in [5, 5.41) is 19.9. The van der Waals surface area contributed by atoms with Gasteiger partial charge in [0.15, 0.2) is 11.5 Å². The molecular weight excluding hydrogens is 228 g/mol. The van der Waals surface area contributed by atoms with E-state index in [4.69, 9.17) is 16.3 Å². The molecule has 0 atom stereocenters. The Balaban J connectivity index is 3.54. The second-order valence-corrected chi connectivity index (χ2v) is 4.86. The third-order valence-electron chi connectivity index (χ3n) is 2.75. The number of hydrogen-bond acceptors (Lipinski definition) is 3. The lowest BCUT2D eigenvalue weighted by Gasteiger charge is -2.27. The van der Waals surface area contributed by atoms with Crippen LogP contribution in [0.4, 0.5) is 0 Å². The third-order valence-corrected chi connectivity index (χ3v) is 3.15. The Labute approximate surface area is 101 Å². The van der Waals surface area contributed by atoms with Crippen LogP contribution in [0.2, 0.25) is 5.02 Å². The molecular formula is C12H17ClO3. The number of hydrogen-bond donors (Lipinski definition) is 2. The first-order chi connectivity index (χ1) is 7.35. The van der Waals surface area contributed by atoms with Crippen LogP contribution < -0.4 is 4.74 Å². The summed E-state index contributed by atoms with van der Waals surface area (Å²) >= 11 is 6.06. The number of aliphatic hydroxyl groups excluding tert-OH is 1. The van der Waals surface area contributed by atoms with Crippen LogP contribution in [-0.2, 0) is 5.41 Å². The Morgan fingerprint density at radius 1 is 1.44 bits per heavy atom. The van der Waals surface area contributed by atoms with Gasteiger partial charge in [0.05, 0.1) is 13.7 Å². The van der Waals surface area contributed by atoms with Crippen LogP contribution in [0.3, 0.4) is 0 Å². The highest BCUT2D eigenvalue weighted by Crippen LogP contribution is 2.42. The van der Waals surface area contributed by atoms with Gasteiger partial charge in [0.1, 0.15) is 0 Å². The quantitative estimate of drug-likeness (QED) is 0.860. The van der Waals surface area contributed by atoms with E-state index in [-0.39, 0.29) is 12.4 Å². The molecule has 0 aliphatic heterocycles. The minimum absolute atomic E-state index is 0.0449. The van der Waals surface area contributed by atoms with Crippen LogP contribution in [0.15, 0.2) is 6.07 Å². The monoisotopic (exact) mass is 244 g/mol. The summed E-state index contributed by atoms with van der Waals surface area (Å²) in [7, 11) is 1.47. The Kier molecular flexibility index (Phi) is 3.71. The fourth-order valence-corrected chi connectivity index (χ4v) is 1.97. The molecule has 0 amide bonds. The number of halogens is 1. The average Bonchev–Trinajstić information content (AvgIpc) is 2.23. The van der Waals surface area contributed by atoms with E-state index in [9.17, 15) is 10.2 Å². The minimum atomic E-state index is -0.563. The Morgan fingerprint density at radius 3 is 2.44 bits per heavy atom. The van der Waals surface area contributed by atoms with Crippen LogP contribution in [0.25, 0.3) is 0 Å². The second-order valence-electron chi connectivity index (χ2n) is 4.45. The van der Waals surface area contributed by atoms with Gasteiger partial charge in [0.2, 0.25) is 0 Å². The van der Waals surface area contributed by atoms with Crippen LogP contribution >= 0.6 is 11.6 Å². The first-order valence-electron chi connectivity index (χ1n) is 5.02. The predicted octanol–water partition coefficient (Wildman–Crippen LogP) is 2.63. The van der Waals surface area contributed by atoms with Gasteiger partial charge in [-0.1, -0.05) is 25.4 Å². The van der Waals surface area contributed by atoms with Crippen molar-refractivity contribution in [3.63, 3.8) is 0 Å². The van der Waals surface area contributed by atoms with Crippen molar-refractivity contribution in [2.45, 2.75) is 26.2 Å². The fourth-order valence-electron chi connectivity index (χ4n) is 1.77. The van der Waals surface area contributed by atoms with Gasteiger partial charge in [-0.2, -0.15) is 0 Å². The average molecular weight is 245 g/mol. The number of rotatable bonds is 3. The van der Waals surface area contributed by atoms with Gasteiger partial charge in [-0.3, -0.25) is 0 Å². The molecule has 0 fully saturated rings. The van der Waals surface area contributed by atoms with Gasteiger partial charge in [-0.25, -0.2) is 0 Å². The summed E-state index contributed by atoms with van der Waals surface area (Å²) < 4.78 is 5.05. The number of ether oxygens (including phenoxy) is 1. The molecule has 3 nitrogen and oxygen atoms in total. The summed E-state index contributed by atoms with van der Waals surface area (Å²) in [6, 6.07) is 1.57. The molecule has 1 rings (SSSR count). The predicted molar refractivity (Wildman–Crippen MR) is 64.5 cm³/mol. The van der Waals surface area contributed by atoms with Crippen molar-refractivity contribution in [3.8, 4) is 11.5 Å². The van der Waals surface area contributed by atoms with Gasteiger partial charge >= 0.3 is 0 Å². The molecule has 1 aromatic rings.